The molecular formula is C8H10O4. The summed E-state index contributed by atoms with van der Waals surface area (Å²) in [6, 6.07) is 0. The number of hydrogen-bond acceptors (Lipinski definition) is 3. The Hall–Kier alpha value is -1.58. The van der Waals surface area contributed by atoms with Crippen LogP contribution in [0.1, 0.15) is 13.3 Å². The number of carboxylic acid groups (broad SMARTS) is 1. The number of esters is 1. The first-order chi connectivity index (χ1) is 5.66. The molecule has 0 aromatic rings. The Morgan fingerprint density at radius 3 is 2.58 bits per heavy atom. The zero-order valence-electron chi connectivity index (χ0n) is 6.69. The molecule has 0 aliphatic carbocycles. The van der Waals surface area contributed by atoms with Gasteiger partial charge in [-0.05, 0) is 12.5 Å². The Balaban J connectivity index is 3.74. The molecule has 12 heavy (non-hydrogen) atoms. The minimum absolute atomic E-state index is 0.692. The third-order valence-corrected chi connectivity index (χ3v) is 0.878. The van der Waals surface area contributed by atoms with Crippen molar-refractivity contribution in [3.63, 3.8) is 0 Å². The molecule has 0 atom stereocenters. The van der Waals surface area contributed by atoms with Crippen molar-refractivity contribution in [1.29, 1.82) is 0 Å². The molecule has 0 saturated carbocycles. The normalized spacial score (nSPS) is 10.8. The number of allylic oxidation sites excluding steroid dienone is 1. The Morgan fingerprint density at radius 1 is 1.42 bits per heavy atom. The highest BCUT2D eigenvalue weighted by molar-refractivity contribution is 5.90. The molecule has 4 heteroatoms. The van der Waals surface area contributed by atoms with Gasteiger partial charge in [0.2, 0.25) is 0 Å². The van der Waals surface area contributed by atoms with Crippen LogP contribution >= 0.6 is 0 Å². The van der Waals surface area contributed by atoms with Crippen LogP contribution in [-0.2, 0) is 14.3 Å². The maximum atomic E-state index is 10.6. The van der Waals surface area contributed by atoms with Crippen LogP contribution in [0.4, 0.5) is 0 Å². The SMILES string of the molecule is CCC=COC(=O)/C=C\C(=O)O. The van der Waals surface area contributed by atoms with E-state index in [4.69, 9.17) is 5.11 Å². The van der Waals surface area contributed by atoms with Crippen molar-refractivity contribution >= 4 is 11.9 Å². The van der Waals surface area contributed by atoms with Gasteiger partial charge in [-0.2, -0.15) is 0 Å². The third kappa shape index (κ3) is 6.54. The molecule has 0 bridgehead atoms. The number of carbonyl (C=O) groups excluding carboxylic acids is 1. The molecule has 0 aliphatic rings. The zero-order valence-corrected chi connectivity index (χ0v) is 6.69. The van der Waals surface area contributed by atoms with E-state index in [2.05, 4.69) is 4.74 Å². The Bertz CT molecular complexity index is 215. The summed E-state index contributed by atoms with van der Waals surface area (Å²) in [7, 11) is 0. The average molecular weight is 170 g/mol. The lowest BCUT2D eigenvalue weighted by molar-refractivity contribution is -0.134. The Labute approximate surface area is 70.1 Å². The van der Waals surface area contributed by atoms with Crippen molar-refractivity contribution in [2.24, 2.45) is 0 Å². The van der Waals surface area contributed by atoms with Gasteiger partial charge in [-0.1, -0.05) is 6.92 Å². The van der Waals surface area contributed by atoms with Crippen LogP contribution < -0.4 is 0 Å². The van der Waals surface area contributed by atoms with Crippen molar-refractivity contribution < 1.29 is 19.4 Å². The van der Waals surface area contributed by atoms with Gasteiger partial charge in [-0.15, -0.1) is 0 Å². The molecule has 0 aliphatic heterocycles. The summed E-state index contributed by atoms with van der Waals surface area (Å²) in [5.41, 5.74) is 0. The van der Waals surface area contributed by atoms with Crippen molar-refractivity contribution in [2.75, 3.05) is 0 Å². The van der Waals surface area contributed by atoms with E-state index in [-0.39, 0.29) is 0 Å². The highest BCUT2D eigenvalue weighted by atomic mass is 16.5. The van der Waals surface area contributed by atoms with Crippen LogP contribution in [0.2, 0.25) is 0 Å². The predicted molar refractivity (Wildman–Crippen MR) is 42.3 cm³/mol. The van der Waals surface area contributed by atoms with Gasteiger partial charge >= 0.3 is 11.9 Å². The molecule has 1 N–H and O–H groups in total. The van der Waals surface area contributed by atoms with E-state index < -0.39 is 11.9 Å². The van der Waals surface area contributed by atoms with E-state index in [1.54, 1.807) is 6.08 Å². The minimum atomic E-state index is -1.17. The largest absolute Gasteiger partial charge is 0.478 e. The second kappa shape index (κ2) is 6.15. The van der Waals surface area contributed by atoms with Crippen LogP contribution in [0.3, 0.4) is 0 Å². The van der Waals surface area contributed by atoms with Gasteiger partial charge in [0.05, 0.1) is 6.26 Å². The number of hydrogen-bond donors (Lipinski definition) is 1. The summed E-state index contributed by atoms with van der Waals surface area (Å²) < 4.78 is 4.46. The molecule has 0 unspecified atom stereocenters. The van der Waals surface area contributed by atoms with E-state index in [0.717, 1.165) is 18.6 Å². The fraction of sp³-hybridized carbons (Fsp3) is 0.250. The summed E-state index contributed by atoms with van der Waals surface area (Å²) in [6.07, 6.45) is 5.21. The van der Waals surface area contributed by atoms with Gasteiger partial charge in [0, 0.05) is 12.2 Å². The summed E-state index contributed by atoms with van der Waals surface area (Å²) in [5, 5.41) is 8.12. The first-order valence-electron chi connectivity index (χ1n) is 3.43. The van der Waals surface area contributed by atoms with Crippen molar-refractivity contribution in [2.45, 2.75) is 13.3 Å². The maximum absolute atomic E-state index is 10.6. The second-order valence-corrected chi connectivity index (χ2v) is 1.89. The molecule has 0 aromatic carbocycles. The molecule has 0 rings (SSSR count). The zero-order chi connectivity index (χ0) is 9.40. The van der Waals surface area contributed by atoms with Gasteiger partial charge in [-0.3, -0.25) is 0 Å². The topological polar surface area (TPSA) is 63.6 Å². The molecule has 0 heterocycles. The molecule has 66 valence electrons. The average Bonchev–Trinajstić information content (AvgIpc) is 2.01. The molecule has 0 spiro atoms. The summed E-state index contributed by atoms with van der Waals surface area (Å²) in [6.45, 7) is 1.89. The van der Waals surface area contributed by atoms with Crippen LogP contribution in [0, 0.1) is 0 Å². The number of carboxylic acids is 1. The lowest BCUT2D eigenvalue weighted by Gasteiger charge is -1.89. The minimum Gasteiger partial charge on any atom is -0.478 e. The monoisotopic (exact) mass is 170 g/mol. The molecule has 0 saturated heterocycles. The fourth-order valence-electron chi connectivity index (χ4n) is 0.390. The summed E-state index contributed by atoms with van der Waals surface area (Å²) >= 11 is 0. The number of rotatable bonds is 4. The quantitative estimate of drug-likeness (QED) is 0.389. The van der Waals surface area contributed by atoms with E-state index in [9.17, 15) is 9.59 Å². The molecule has 4 nitrogen and oxygen atoms in total. The van der Waals surface area contributed by atoms with Crippen LogP contribution in [0.25, 0.3) is 0 Å². The molecule has 0 radical (unpaired) electrons. The fourth-order valence-corrected chi connectivity index (χ4v) is 0.390. The standard InChI is InChI=1S/C8H10O4/c1-2-3-6-12-8(11)5-4-7(9)10/h3-6H,2H2,1H3,(H,9,10)/b5-4-,6-3?. The van der Waals surface area contributed by atoms with E-state index in [0.29, 0.717) is 0 Å². The summed E-state index contributed by atoms with van der Waals surface area (Å²) in [5.74, 6) is -1.87. The maximum Gasteiger partial charge on any atom is 0.335 e. The molecule has 0 aromatic heterocycles. The first kappa shape index (κ1) is 10.4. The van der Waals surface area contributed by atoms with E-state index in [1.165, 1.54) is 6.26 Å². The third-order valence-electron chi connectivity index (χ3n) is 0.878. The Kier molecular flexibility index (Phi) is 5.34. The number of carbonyl (C=O) groups is 2. The van der Waals surface area contributed by atoms with Gasteiger partial charge in [0.25, 0.3) is 0 Å². The van der Waals surface area contributed by atoms with Gasteiger partial charge in [0.15, 0.2) is 0 Å². The van der Waals surface area contributed by atoms with Crippen molar-refractivity contribution in [3.8, 4) is 0 Å². The van der Waals surface area contributed by atoms with Crippen molar-refractivity contribution in [3.05, 3.63) is 24.5 Å². The second-order valence-electron chi connectivity index (χ2n) is 1.89. The molecule has 0 amide bonds. The molecule has 0 fully saturated rings. The van der Waals surface area contributed by atoms with Gasteiger partial charge < -0.3 is 9.84 Å². The first-order valence-corrected chi connectivity index (χ1v) is 3.43. The lowest BCUT2D eigenvalue weighted by atomic mass is 10.5. The van der Waals surface area contributed by atoms with Crippen LogP contribution in [0.5, 0.6) is 0 Å². The highest BCUT2D eigenvalue weighted by Crippen LogP contribution is 1.85. The predicted octanol–water partition coefficient (Wildman–Crippen LogP) is 1.09. The van der Waals surface area contributed by atoms with Gasteiger partial charge in [0.1, 0.15) is 0 Å². The smallest absolute Gasteiger partial charge is 0.335 e. The number of ether oxygens (including phenoxy) is 1. The van der Waals surface area contributed by atoms with E-state index >= 15 is 0 Å². The lowest BCUT2D eigenvalue weighted by Crippen LogP contribution is -1.96. The summed E-state index contributed by atoms with van der Waals surface area (Å²) in [4.78, 5) is 20.5. The highest BCUT2D eigenvalue weighted by Gasteiger charge is 1.93. The van der Waals surface area contributed by atoms with E-state index in [1.807, 2.05) is 6.92 Å². The van der Waals surface area contributed by atoms with Crippen LogP contribution in [0.15, 0.2) is 24.5 Å². The van der Waals surface area contributed by atoms with Crippen LogP contribution in [-0.4, -0.2) is 17.0 Å². The van der Waals surface area contributed by atoms with Gasteiger partial charge in [-0.25, -0.2) is 9.59 Å². The molecular weight excluding hydrogens is 160 g/mol. The Morgan fingerprint density at radius 2 is 2.08 bits per heavy atom. The number of aliphatic carboxylic acids is 1. The van der Waals surface area contributed by atoms with Crippen molar-refractivity contribution in [1.82, 2.24) is 0 Å².